The SMILES string of the molecule is CC(=O)c1nn(C2CCCCC2)c2c1CCCCCC2. The van der Waals surface area contributed by atoms with Gasteiger partial charge in [0, 0.05) is 18.2 Å². The summed E-state index contributed by atoms with van der Waals surface area (Å²) in [7, 11) is 0. The maximum absolute atomic E-state index is 11.9. The first kappa shape index (κ1) is 13.8. The van der Waals surface area contributed by atoms with Crippen LogP contribution in [0.5, 0.6) is 0 Å². The lowest BCUT2D eigenvalue weighted by atomic mass is 9.93. The van der Waals surface area contributed by atoms with Crippen LogP contribution in [0.2, 0.25) is 0 Å². The van der Waals surface area contributed by atoms with Gasteiger partial charge in [0.2, 0.25) is 0 Å². The molecule has 2 aliphatic rings. The van der Waals surface area contributed by atoms with Gasteiger partial charge >= 0.3 is 0 Å². The average Bonchev–Trinajstić information content (AvgIpc) is 2.77. The Balaban J connectivity index is 1.99. The van der Waals surface area contributed by atoms with Crippen molar-refractivity contribution in [2.45, 2.75) is 83.6 Å². The van der Waals surface area contributed by atoms with E-state index in [4.69, 9.17) is 5.10 Å². The first-order valence-electron chi connectivity index (χ1n) is 8.38. The second-order valence-corrected chi connectivity index (χ2v) is 6.48. The fourth-order valence-corrected chi connectivity index (χ4v) is 3.89. The van der Waals surface area contributed by atoms with E-state index in [2.05, 4.69) is 4.68 Å². The predicted octanol–water partition coefficient (Wildman–Crippen LogP) is 4.25. The zero-order valence-corrected chi connectivity index (χ0v) is 12.7. The minimum atomic E-state index is 0.149. The van der Waals surface area contributed by atoms with Crippen molar-refractivity contribution in [3.05, 3.63) is 17.0 Å². The van der Waals surface area contributed by atoms with E-state index in [0.717, 1.165) is 18.5 Å². The molecule has 3 rings (SSSR count). The Hall–Kier alpha value is -1.12. The smallest absolute Gasteiger partial charge is 0.180 e. The Labute approximate surface area is 121 Å². The van der Waals surface area contributed by atoms with Gasteiger partial charge in [0.15, 0.2) is 5.78 Å². The molecule has 0 aromatic carbocycles. The van der Waals surface area contributed by atoms with Crippen LogP contribution in [0.4, 0.5) is 0 Å². The molecule has 0 aliphatic heterocycles. The van der Waals surface area contributed by atoms with Gasteiger partial charge in [-0.15, -0.1) is 0 Å². The molecule has 0 bridgehead atoms. The number of fused-ring (bicyclic) bond motifs is 1. The molecular weight excluding hydrogens is 248 g/mol. The van der Waals surface area contributed by atoms with Crippen molar-refractivity contribution in [1.29, 1.82) is 0 Å². The molecule has 0 spiro atoms. The summed E-state index contributed by atoms with van der Waals surface area (Å²) in [5.74, 6) is 0.149. The second kappa shape index (κ2) is 6.11. The van der Waals surface area contributed by atoms with Crippen molar-refractivity contribution in [2.75, 3.05) is 0 Å². The highest BCUT2D eigenvalue weighted by Gasteiger charge is 2.26. The third-order valence-electron chi connectivity index (χ3n) is 4.96. The van der Waals surface area contributed by atoms with E-state index < -0.39 is 0 Å². The Morgan fingerprint density at radius 2 is 1.65 bits per heavy atom. The molecule has 2 aliphatic carbocycles. The quantitative estimate of drug-likeness (QED) is 0.756. The molecule has 20 heavy (non-hydrogen) atoms. The fraction of sp³-hybridized carbons (Fsp3) is 0.765. The summed E-state index contributed by atoms with van der Waals surface area (Å²) in [5, 5.41) is 4.77. The van der Waals surface area contributed by atoms with E-state index in [9.17, 15) is 4.79 Å². The molecule has 0 amide bonds. The van der Waals surface area contributed by atoms with Gasteiger partial charge in [-0.3, -0.25) is 9.48 Å². The predicted molar refractivity (Wildman–Crippen MR) is 80.2 cm³/mol. The van der Waals surface area contributed by atoms with E-state index >= 15 is 0 Å². The lowest BCUT2D eigenvalue weighted by Crippen LogP contribution is -2.17. The minimum Gasteiger partial charge on any atom is -0.293 e. The molecule has 0 unspecified atom stereocenters. The van der Waals surface area contributed by atoms with E-state index in [1.165, 1.54) is 69.0 Å². The lowest BCUT2D eigenvalue weighted by Gasteiger charge is -2.24. The van der Waals surface area contributed by atoms with E-state index in [1.54, 1.807) is 6.92 Å². The van der Waals surface area contributed by atoms with Crippen LogP contribution in [-0.2, 0) is 12.8 Å². The monoisotopic (exact) mass is 274 g/mol. The molecule has 1 heterocycles. The Bertz CT molecular complexity index is 483. The van der Waals surface area contributed by atoms with Crippen LogP contribution < -0.4 is 0 Å². The van der Waals surface area contributed by atoms with Gasteiger partial charge in [-0.25, -0.2) is 0 Å². The molecule has 1 aromatic rings. The molecule has 0 atom stereocenters. The average molecular weight is 274 g/mol. The van der Waals surface area contributed by atoms with Crippen LogP contribution in [0, 0.1) is 0 Å². The van der Waals surface area contributed by atoms with Crippen LogP contribution >= 0.6 is 0 Å². The van der Waals surface area contributed by atoms with Crippen LogP contribution in [-0.4, -0.2) is 15.6 Å². The van der Waals surface area contributed by atoms with E-state index in [-0.39, 0.29) is 5.78 Å². The summed E-state index contributed by atoms with van der Waals surface area (Å²) in [4.78, 5) is 11.9. The Morgan fingerprint density at radius 1 is 1.00 bits per heavy atom. The summed E-state index contributed by atoms with van der Waals surface area (Å²) >= 11 is 0. The third-order valence-corrected chi connectivity index (χ3v) is 4.96. The van der Waals surface area contributed by atoms with Crippen LogP contribution in [0.1, 0.15) is 92.5 Å². The molecule has 1 saturated carbocycles. The Morgan fingerprint density at radius 3 is 2.35 bits per heavy atom. The van der Waals surface area contributed by atoms with Gasteiger partial charge in [0.05, 0.1) is 6.04 Å². The van der Waals surface area contributed by atoms with Gasteiger partial charge < -0.3 is 0 Å². The van der Waals surface area contributed by atoms with E-state index in [0.29, 0.717) is 6.04 Å². The first-order valence-corrected chi connectivity index (χ1v) is 8.38. The van der Waals surface area contributed by atoms with Crippen molar-refractivity contribution in [3.63, 3.8) is 0 Å². The molecule has 0 saturated heterocycles. The number of ketones is 1. The first-order chi connectivity index (χ1) is 9.77. The molecule has 0 N–H and O–H groups in total. The van der Waals surface area contributed by atoms with Gasteiger partial charge in [0.1, 0.15) is 5.69 Å². The van der Waals surface area contributed by atoms with Crippen molar-refractivity contribution in [2.24, 2.45) is 0 Å². The fourth-order valence-electron chi connectivity index (χ4n) is 3.89. The number of carbonyl (C=O) groups is 1. The molecule has 1 fully saturated rings. The minimum absolute atomic E-state index is 0.149. The standard InChI is InChI=1S/C17H26N2O/c1-13(20)17-15-11-7-2-3-8-12-16(15)19(18-17)14-9-5-4-6-10-14/h14H,2-12H2,1H3. The molecule has 110 valence electrons. The highest BCUT2D eigenvalue weighted by Crippen LogP contribution is 2.32. The summed E-state index contributed by atoms with van der Waals surface area (Å²) in [6, 6.07) is 0.546. The number of carbonyl (C=O) groups excluding carboxylic acids is 1. The summed E-state index contributed by atoms with van der Waals surface area (Å²) in [6.45, 7) is 1.67. The number of hydrogen-bond acceptors (Lipinski definition) is 2. The maximum Gasteiger partial charge on any atom is 0.180 e. The molecule has 0 radical (unpaired) electrons. The number of nitrogens with zero attached hydrogens (tertiary/aromatic N) is 2. The van der Waals surface area contributed by atoms with Gasteiger partial charge in [-0.2, -0.15) is 5.10 Å². The number of hydrogen-bond donors (Lipinski definition) is 0. The van der Waals surface area contributed by atoms with E-state index in [1.807, 2.05) is 0 Å². The normalized spacial score (nSPS) is 21.1. The van der Waals surface area contributed by atoms with Gasteiger partial charge in [0.25, 0.3) is 0 Å². The maximum atomic E-state index is 11.9. The van der Waals surface area contributed by atoms with Crippen LogP contribution in [0.25, 0.3) is 0 Å². The number of aromatic nitrogens is 2. The molecule has 3 heteroatoms. The van der Waals surface area contributed by atoms with Crippen molar-refractivity contribution in [3.8, 4) is 0 Å². The molecule has 3 nitrogen and oxygen atoms in total. The van der Waals surface area contributed by atoms with Crippen molar-refractivity contribution >= 4 is 5.78 Å². The van der Waals surface area contributed by atoms with Crippen molar-refractivity contribution < 1.29 is 4.79 Å². The summed E-state index contributed by atoms with van der Waals surface area (Å²) in [5.41, 5.74) is 3.44. The van der Waals surface area contributed by atoms with Crippen LogP contribution in [0.3, 0.4) is 0 Å². The van der Waals surface area contributed by atoms with Crippen molar-refractivity contribution in [1.82, 2.24) is 9.78 Å². The second-order valence-electron chi connectivity index (χ2n) is 6.48. The topological polar surface area (TPSA) is 34.9 Å². The zero-order chi connectivity index (χ0) is 13.9. The third kappa shape index (κ3) is 2.68. The number of rotatable bonds is 2. The summed E-state index contributed by atoms with van der Waals surface area (Å²) in [6.07, 6.45) is 13.7. The summed E-state index contributed by atoms with van der Waals surface area (Å²) < 4.78 is 2.26. The highest BCUT2D eigenvalue weighted by molar-refractivity contribution is 5.93. The largest absolute Gasteiger partial charge is 0.293 e. The number of Topliss-reactive ketones (excluding diaryl/α,β-unsaturated/α-hetero) is 1. The Kier molecular flexibility index (Phi) is 4.23. The molecular formula is C17H26N2O. The highest BCUT2D eigenvalue weighted by atomic mass is 16.1. The molecule has 1 aromatic heterocycles. The van der Waals surface area contributed by atoms with Gasteiger partial charge in [-0.05, 0) is 38.5 Å². The lowest BCUT2D eigenvalue weighted by molar-refractivity contribution is 0.101. The van der Waals surface area contributed by atoms with Gasteiger partial charge in [-0.1, -0.05) is 32.1 Å². The zero-order valence-electron chi connectivity index (χ0n) is 12.7. The van der Waals surface area contributed by atoms with Crippen LogP contribution in [0.15, 0.2) is 0 Å².